The number of carbonyl (C=O) groups excluding carboxylic acids is 1. The van der Waals surface area contributed by atoms with Gasteiger partial charge in [-0.15, -0.1) is 0 Å². The van der Waals surface area contributed by atoms with Crippen molar-refractivity contribution in [3.63, 3.8) is 0 Å². The number of likely N-dealkylation sites (N-methyl/N-ethyl adjacent to an activating group) is 1. The maximum absolute atomic E-state index is 11.3. The van der Waals surface area contributed by atoms with Crippen LogP contribution in [0.5, 0.6) is 0 Å². The van der Waals surface area contributed by atoms with Gasteiger partial charge in [0.2, 0.25) is 5.91 Å². The number of amides is 1. The van der Waals surface area contributed by atoms with Gasteiger partial charge >= 0.3 is 0 Å². The van der Waals surface area contributed by atoms with Crippen LogP contribution in [0.4, 0.5) is 5.69 Å². The highest BCUT2D eigenvalue weighted by molar-refractivity contribution is 9.10. The van der Waals surface area contributed by atoms with Crippen LogP contribution in [0.15, 0.2) is 22.7 Å². The molecule has 0 aliphatic rings. The lowest BCUT2D eigenvalue weighted by atomic mass is 10.2. The lowest BCUT2D eigenvalue weighted by molar-refractivity contribution is -0.121. The third-order valence-corrected chi connectivity index (χ3v) is 2.87. The summed E-state index contributed by atoms with van der Waals surface area (Å²) >= 11 is 9.23. The number of carbonyl (C=O) groups is 1. The smallest absolute Gasteiger partial charge is 0.241 e. The molecule has 82 valence electrons. The molecule has 1 aromatic carbocycles. The summed E-state index contributed by atoms with van der Waals surface area (Å²) in [5.41, 5.74) is 0.804. The second kappa shape index (κ2) is 5.37. The standard InChI is InChI=1S/C10H12BrClN2O/c1-6(10(15)13-2)14-9-5-7(12)3-4-8(9)11/h3-6,14H,1-2H3,(H,13,15). The molecule has 0 spiro atoms. The molecule has 0 aliphatic carbocycles. The van der Waals surface area contributed by atoms with Crippen molar-refractivity contribution in [2.24, 2.45) is 0 Å². The largest absolute Gasteiger partial charge is 0.373 e. The van der Waals surface area contributed by atoms with Gasteiger partial charge in [-0.3, -0.25) is 4.79 Å². The Kier molecular flexibility index (Phi) is 4.42. The van der Waals surface area contributed by atoms with Crippen molar-refractivity contribution < 1.29 is 4.79 Å². The first-order valence-corrected chi connectivity index (χ1v) is 5.65. The molecule has 1 aromatic rings. The number of anilines is 1. The SMILES string of the molecule is CNC(=O)C(C)Nc1cc(Cl)ccc1Br. The molecule has 5 heteroatoms. The first kappa shape index (κ1) is 12.3. The molecule has 0 aromatic heterocycles. The number of hydrogen-bond donors (Lipinski definition) is 2. The Morgan fingerprint density at radius 3 is 2.80 bits per heavy atom. The Hall–Kier alpha value is -0.740. The van der Waals surface area contributed by atoms with Gasteiger partial charge in [-0.2, -0.15) is 0 Å². The fraction of sp³-hybridized carbons (Fsp3) is 0.300. The second-order valence-electron chi connectivity index (χ2n) is 3.10. The highest BCUT2D eigenvalue weighted by Gasteiger charge is 2.11. The Morgan fingerprint density at radius 2 is 2.20 bits per heavy atom. The lowest BCUT2D eigenvalue weighted by Gasteiger charge is -2.15. The van der Waals surface area contributed by atoms with Crippen molar-refractivity contribution in [2.45, 2.75) is 13.0 Å². The molecule has 0 saturated carbocycles. The molecule has 1 rings (SSSR count). The number of rotatable bonds is 3. The van der Waals surface area contributed by atoms with Crippen molar-refractivity contribution in [1.82, 2.24) is 5.32 Å². The van der Waals surface area contributed by atoms with Gasteiger partial charge < -0.3 is 10.6 Å². The van der Waals surface area contributed by atoms with Crippen molar-refractivity contribution >= 4 is 39.1 Å². The first-order valence-electron chi connectivity index (χ1n) is 4.47. The molecule has 15 heavy (non-hydrogen) atoms. The van der Waals surface area contributed by atoms with Crippen LogP contribution in [-0.4, -0.2) is 19.0 Å². The minimum absolute atomic E-state index is 0.0677. The summed E-state index contributed by atoms with van der Waals surface area (Å²) in [5, 5.41) is 6.26. The van der Waals surface area contributed by atoms with Crippen LogP contribution >= 0.6 is 27.5 Å². The van der Waals surface area contributed by atoms with E-state index in [0.29, 0.717) is 5.02 Å². The molecule has 0 heterocycles. The molecular formula is C10H12BrClN2O. The average molecular weight is 292 g/mol. The zero-order valence-electron chi connectivity index (χ0n) is 8.47. The topological polar surface area (TPSA) is 41.1 Å². The molecule has 0 aliphatic heterocycles. The Labute approximate surface area is 102 Å². The van der Waals surface area contributed by atoms with E-state index in [1.54, 1.807) is 26.1 Å². The van der Waals surface area contributed by atoms with Crippen molar-refractivity contribution in [1.29, 1.82) is 0 Å². The minimum Gasteiger partial charge on any atom is -0.373 e. The Bertz CT molecular complexity index is 370. The molecular weight excluding hydrogens is 279 g/mol. The minimum atomic E-state index is -0.301. The van der Waals surface area contributed by atoms with Gasteiger partial charge in [0, 0.05) is 16.5 Å². The van der Waals surface area contributed by atoms with Crippen LogP contribution < -0.4 is 10.6 Å². The molecule has 3 nitrogen and oxygen atoms in total. The normalized spacial score (nSPS) is 12.0. The van der Waals surface area contributed by atoms with Gasteiger partial charge in [0.15, 0.2) is 0 Å². The van der Waals surface area contributed by atoms with Crippen LogP contribution in [0.2, 0.25) is 5.02 Å². The molecule has 0 saturated heterocycles. The molecule has 1 unspecified atom stereocenters. The summed E-state index contributed by atoms with van der Waals surface area (Å²) in [6.07, 6.45) is 0. The van der Waals surface area contributed by atoms with E-state index >= 15 is 0 Å². The number of halogens is 2. The van der Waals surface area contributed by atoms with Crippen LogP contribution in [0, 0.1) is 0 Å². The molecule has 1 amide bonds. The predicted molar refractivity (Wildman–Crippen MR) is 66.3 cm³/mol. The van der Waals surface area contributed by atoms with E-state index in [2.05, 4.69) is 26.6 Å². The zero-order chi connectivity index (χ0) is 11.4. The number of hydrogen-bond acceptors (Lipinski definition) is 2. The maximum atomic E-state index is 11.3. The van der Waals surface area contributed by atoms with Gasteiger partial charge in [0.05, 0.1) is 5.69 Å². The highest BCUT2D eigenvalue weighted by atomic mass is 79.9. The van der Waals surface area contributed by atoms with Gasteiger partial charge in [-0.05, 0) is 41.1 Å². The average Bonchev–Trinajstić information content (AvgIpc) is 2.22. The third-order valence-electron chi connectivity index (χ3n) is 1.94. The molecule has 0 bridgehead atoms. The number of benzene rings is 1. The van der Waals surface area contributed by atoms with Crippen molar-refractivity contribution in [3.8, 4) is 0 Å². The second-order valence-corrected chi connectivity index (χ2v) is 4.40. The first-order chi connectivity index (χ1) is 7.04. The fourth-order valence-electron chi connectivity index (χ4n) is 1.12. The van der Waals surface area contributed by atoms with Crippen LogP contribution in [0.25, 0.3) is 0 Å². The number of nitrogens with one attached hydrogen (secondary N) is 2. The van der Waals surface area contributed by atoms with Gasteiger partial charge in [-0.1, -0.05) is 11.6 Å². The van der Waals surface area contributed by atoms with E-state index in [4.69, 9.17) is 11.6 Å². The van der Waals surface area contributed by atoms with E-state index in [1.807, 2.05) is 6.07 Å². The quantitative estimate of drug-likeness (QED) is 0.899. The Balaban J connectivity index is 2.80. The van der Waals surface area contributed by atoms with E-state index in [9.17, 15) is 4.79 Å². The lowest BCUT2D eigenvalue weighted by Crippen LogP contribution is -2.35. The van der Waals surface area contributed by atoms with Crippen LogP contribution in [-0.2, 0) is 4.79 Å². The van der Waals surface area contributed by atoms with Crippen LogP contribution in [0.1, 0.15) is 6.92 Å². The summed E-state index contributed by atoms with van der Waals surface area (Å²) in [7, 11) is 1.60. The van der Waals surface area contributed by atoms with Gasteiger partial charge in [0.25, 0.3) is 0 Å². The van der Waals surface area contributed by atoms with E-state index in [-0.39, 0.29) is 11.9 Å². The predicted octanol–water partition coefficient (Wildman–Crippen LogP) is 2.65. The van der Waals surface area contributed by atoms with E-state index < -0.39 is 0 Å². The highest BCUT2D eigenvalue weighted by Crippen LogP contribution is 2.26. The fourth-order valence-corrected chi connectivity index (χ4v) is 1.66. The molecule has 0 radical (unpaired) electrons. The summed E-state index contributed by atoms with van der Waals surface area (Å²) in [6, 6.07) is 5.08. The van der Waals surface area contributed by atoms with Crippen molar-refractivity contribution in [2.75, 3.05) is 12.4 Å². The van der Waals surface area contributed by atoms with Gasteiger partial charge in [0.1, 0.15) is 6.04 Å². The molecule has 1 atom stereocenters. The van der Waals surface area contributed by atoms with Gasteiger partial charge in [-0.25, -0.2) is 0 Å². The third kappa shape index (κ3) is 3.39. The van der Waals surface area contributed by atoms with Crippen LogP contribution in [0.3, 0.4) is 0 Å². The van der Waals surface area contributed by atoms with Crippen molar-refractivity contribution in [3.05, 3.63) is 27.7 Å². The van der Waals surface area contributed by atoms with E-state index in [0.717, 1.165) is 10.2 Å². The summed E-state index contributed by atoms with van der Waals surface area (Å²) in [6.45, 7) is 1.78. The Morgan fingerprint density at radius 1 is 1.53 bits per heavy atom. The summed E-state index contributed by atoms with van der Waals surface area (Å²) < 4.78 is 0.877. The van der Waals surface area contributed by atoms with E-state index in [1.165, 1.54) is 0 Å². The summed E-state index contributed by atoms with van der Waals surface area (Å²) in [5.74, 6) is -0.0677. The summed E-state index contributed by atoms with van der Waals surface area (Å²) in [4.78, 5) is 11.3. The zero-order valence-corrected chi connectivity index (χ0v) is 10.8. The molecule has 2 N–H and O–H groups in total. The monoisotopic (exact) mass is 290 g/mol. The maximum Gasteiger partial charge on any atom is 0.241 e. The molecule has 0 fully saturated rings.